The van der Waals surface area contributed by atoms with Crippen LogP contribution in [-0.4, -0.2) is 15.9 Å². The number of carbonyl (C=O) groups excluding carboxylic acids is 1. The van der Waals surface area contributed by atoms with Crippen molar-refractivity contribution >= 4 is 28.2 Å². The summed E-state index contributed by atoms with van der Waals surface area (Å²) in [6.07, 6.45) is 0. The fraction of sp³-hybridized carbons (Fsp3) is 0.235. The number of nitrogens with one attached hydrogen (secondary N) is 1. The van der Waals surface area contributed by atoms with E-state index in [1.807, 2.05) is 39.0 Å². The molecule has 23 heavy (non-hydrogen) atoms. The summed E-state index contributed by atoms with van der Waals surface area (Å²) >= 11 is 1.55. The molecule has 3 rings (SSSR count). The first-order chi connectivity index (χ1) is 11.0. The number of benzene rings is 1. The molecule has 0 unspecified atom stereocenters. The van der Waals surface area contributed by atoms with E-state index in [1.54, 1.807) is 17.4 Å². The van der Waals surface area contributed by atoms with Crippen molar-refractivity contribution in [3.63, 3.8) is 0 Å². The lowest BCUT2D eigenvalue weighted by molar-refractivity contribution is 0.0462. The van der Waals surface area contributed by atoms with Gasteiger partial charge in [-0.3, -0.25) is 4.79 Å². The molecule has 0 bridgehead atoms. The molecule has 0 fully saturated rings. The zero-order chi connectivity index (χ0) is 16.6. The van der Waals surface area contributed by atoms with Gasteiger partial charge < -0.3 is 9.72 Å². The second kappa shape index (κ2) is 5.96. The van der Waals surface area contributed by atoms with Crippen molar-refractivity contribution in [2.45, 2.75) is 27.4 Å². The summed E-state index contributed by atoms with van der Waals surface area (Å²) in [6, 6.07) is 7.24. The average molecular weight is 328 g/mol. The Morgan fingerprint density at radius 3 is 2.78 bits per heavy atom. The van der Waals surface area contributed by atoms with Crippen LogP contribution in [-0.2, 0) is 11.3 Å². The largest absolute Gasteiger partial charge is 0.454 e. The normalized spacial score (nSPS) is 10.9. The highest BCUT2D eigenvalue weighted by Gasteiger charge is 2.14. The molecular formula is C17H16N2O3S. The Morgan fingerprint density at radius 1 is 1.30 bits per heavy atom. The molecule has 0 saturated heterocycles. The lowest BCUT2D eigenvalue weighted by Crippen LogP contribution is -2.15. The third-order valence-corrected chi connectivity index (χ3v) is 4.55. The number of fused-ring (bicyclic) bond motifs is 1. The molecule has 2 aromatic heterocycles. The van der Waals surface area contributed by atoms with Crippen molar-refractivity contribution in [2.24, 2.45) is 0 Å². The zero-order valence-electron chi connectivity index (χ0n) is 13.1. The highest BCUT2D eigenvalue weighted by atomic mass is 32.1. The van der Waals surface area contributed by atoms with Gasteiger partial charge in [-0.25, -0.2) is 9.78 Å². The number of ether oxygens (including phenoxy) is 1. The molecule has 118 valence electrons. The highest BCUT2D eigenvalue weighted by Crippen LogP contribution is 2.21. The molecule has 0 atom stereocenters. The van der Waals surface area contributed by atoms with Gasteiger partial charge in [0.15, 0.2) is 0 Å². The fourth-order valence-electron chi connectivity index (χ4n) is 2.47. The van der Waals surface area contributed by atoms with Gasteiger partial charge in [-0.2, -0.15) is 0 Å². The minimum absolute atomic E-state index is 0.0628. The summed E-state index contributed by atoms with van der Waals surface area (Å²) in [6.45, 7) is 5.65. The number of H-pyrrole nitrogens is 1. The predicted molar refractivity (Wildman–Crippen MR) is 90.0 cm³/mol. The molecule has 0 aliphatic carbocycles. The maximum atomic E-state index is 12.1. The molecule has 0 aliphatic rings. The Balaban J connectivity index is 1.85. The van der Waals surface area contributed by atoms with Gasteiger partial charge in [0.1, 0.15) is 12.4 Å². The summed E-state index contributed by atoms with van der Waals surface area (Å²) in [5, 5.41) is 0.532. The molecule has 1 aromatic carbocycles. The number of para-hydroxylation sites is 1. The van der Waals surface area contributed by atoms with Crippen molar-refractivity contribution in [1.82, 2.24) is 9.97 Å². The van der Waals surface area contributed by atoms with Gasteiger partial charge in [0.25, 0.3) is 5.56 Å². The predicted octanol–water partition coefficient (Wildman–Crippen LogP) is 3.27. The first-order valence-corrected chi connectivity index (χ1v) is 8.00. The van der Waals surface area contributed by atoms with Crippen molar-refractivity contribution in [3.8, 4) is 0 Å². The summed E-state index contributed by atoms with van der Waals surface area (Å²) in [5.74, 6) is -0.0610. The number of aromatic nitrogens is 2. The van der Waals surface area contributed by atoms with E-state index in [1.165, 1.54) is 0 Å². The SMILES string of the molecule is Cc1cc(C(=O)OCc2nc3c(C)cccc3c(=O)[nH]2)c(C)s1. The number of carbonyl (C=O) groups is 1. The van der Waals surface area contributed by atoms with Crippen LogP contribution in [0.2, 0.25) is 0 Å². The molecule has 0 spiro atoms. The lowest BCUT2D eigenvalue weighted by atomic mass is 10.1. The van der Waals surface area contributed by atoms with Crippen LogP contribution in [0.25, 0.3) is 10.9 Å². The number of rotatable bonds is 3. The van der Waals surface area contributed by atoms with E-state index < -0.39 is 5.97 Å². The van der Waals surface area contributed by atoms with Crippen molar-refractivity contribution in [3.05, 3.63) is 61.3 Å². The van der Waals surface area contributed by atoms with Gasteiger partial charge in [-0.1, -0.05) is 12.1 Å². The number of hydrogen-bond acceptors (Lipinski definition) is 5. The van der Waals surface area contributed by atoms with E-state index in [4.69, 9.17) is 4.74 Å². The molecule has 0 amide bonds. The van der Waals surface area contributed by atoms with Crippen LogP contribution in [0.1, 0.15) is 31.5 Å². The summed E-state index contributed by atoms with van der Waals surface area (Å²) < 4.78 is 5.29. The van der Waals surface area contributed by atoms with Gasteiger partial charge in [0, 0.05) is 9.75 Å². The number of hydrogen-bond donors (Lipinski definition) is 1. The molecule has 0 saturated carbocycles. The van der Waals surface area contributed by atoms with Crippen molar-refractivity contribution < 1.29 is 9.53 Å². The number of aromatic amines is 1. The molecule has 1 N–H and O–H groups in total. The van der Waals surface area contributed by atoms with Crippen molar-refractivity contribution in [2.75, 3.05) is 0 Å². The highest BCUT2D eigenvalue weighted by molar-refractivity contribution is 7.12. The van der Waals surface area contributed by atoms with E-state index in [0.29, 0.717) is 22.3 Å². The summed E-state index contributed by atoms with van der Waals surface area (Å²) in [5.41, 5.74) is 1.87. The van der Waals surface area contributed by atoms with Gasteiger partial charge in [-0.05, 0) is 38.5 Å². The minimum atomic E-state index is -0.403. The van der Waals surface area contributed by atoms with Crippen LogP contribution >= 0.6 is 11.3 Å². The molecule has 0 aliphatic heterocycles. The number of thiophene rings is 1. The summed E-state index contributed by atoms with van der Waals surface area (Å²) in [7, 11) is 0. The Labute approximate surface area is 137 Å². The van der Waals surface area contributed by atoms with E-state index in [0.717, 1.165) is 15.3 Å². The average Bonchev–Trinajstić information content (AvgIpc) is 2.85. The second-order valence-electron chi connectivity index (χ2n) is 5.39. The first kappa shape index (κ1) is 15.4. The lowest BCUT2D eigenvalue weighted by Gasteiger charge is -2.06. The maximum absolute atomic E-state index is 12.1. The maximum Gasteiger partial charge on any atom is 0.339 e. The molecule has 5 nitrogen and oxygen atoms in total. The van der Waals surface area contributed by atoms with E-state index in [-0.39, 0.29) is 12.2 Å². The second-order valence-corrected chi connectivity index (χ2v) is 6.85. The number of esters is 1. The standard InChI is InChI=1S/C17H16N2O3S/c1-9-5-4-6-12-15(9)18-14(19-16(12)20)8-22-17(21)13-7-10(2)23-11(13)3/h4-7H,8H2,1-3H3,(H,18,19,20). The molecule has 2 heterocycles. The van der Waals surface area contributed by atoms with Gasteiger partial charge in [0.05, 0.1) is 16.5 Å². The number of aryl methyl sites for hydroxylation is 3. The van der Waals surface area contributed by atoms with Crippen LogP contribution in [0.15, 0.2) is 29.1 Å². The van der Waals surface area contributed by atoms with Crippen LogP contribution in [0, 0.1) is 20.8 Å². The third-order valence-electron chi connectivity index (χ3n) is 3.59. The monoisotopic (exact) mass is 328 g/mol. The molecule has 0 radical (unpaired) electrons. The van der Waals surface area contributed by atoms with E-state index >= 15 is 0 Å². The quantitative estimate of drug-likeness (QED) is 0.749. The molecule has 3 aromatic rings. The first-order valence-electron chi connectivity index (χ1n) is 7.18. The Kier molecular flexibility index (Phi) is 4.00. The Morgan fingerprint density at radius 2 is 2.09 bits per heavy atom. The van der Waals surface area contributed by atoms with Crippen LogP contribution in [0.3, 0.4) is 0 Å². The fourth-order valence-corrected chi connectivity index (χ4v) is 3.38. The Bertz CT molecular complexity index is 956. The Hall–Kier alpha value is -2.47. The number of nitrogens with zero attached hydrogens (tertiary/aromatic N) is 1. The van der Waals surface area contributed by atoms with Gasteiger partial charge >= 0.3 is 5.97 Å². The minimum Gasteiger partial charge on any atom is -0.454 e. The summed E-state index contributed by atoms with van der Waals surface area (Å²) in [4.78, 5) is 33.3. The topological polar surface area (TPSA) is 72.0 Å². The third kappa shape index (κ3) is 3.03. The van der Waals surface area contributed by atoms with Crippen LogP contribution < -0.4 is 5.56 Å². The van der Waals surface area contributed by atoms with Gasteiger partial charge in [0.2, 0.25) is 0 Å². The van der Waals surface area contributed by atoms with E-state index in [9.17, 15) is 9.59 Å². The van der Waals surface area contributed by atoms with Crippen molar-refractivity contribution in [1.29, 1.82) is 0 Å². The zero-order valence-corrected chi connectivity index (χ0v) is 13.9. The molecular weight excluding hydrogens is 312 g/mol. The smallest absolute Gasteiger partial charge is 0.339 e. The van der Waals surface area contributed by atoms with E-state index in [2.05, 4.69) is 9.97 Å². The van der Waals surface area contributed by atoms with Crippen LogP contribution in [0.5, 0.6) is 0 Å². The van der Waals surface area contributed by atoms with Crippen LogP contribution in [0.4, 0.5) is 0 Å². The molecule has 6 heteroatoms. The van der Waals surface area contributed by atoms with Gasteiger partial charge in [-0.15, -0.1) is 11.3 Å².